The van der Waals surface area contributed by atoms with E-state index in [4.69, 9.17) is 9.47 Å². The van der Waals surface area contributed by atoms with E-state index in [1.807, 2.05) is 24.0 Å². The highest BCUT2D eigenvalue weighted by molar-refractivity contribution is 7.92. The van der Waals surface area contributed by atoms with Crippen LogP contribution in [0.25, 0.3) is 0 Å². The van der Waals surface area contributed by atoms with Gasteiger partial charge in [-0.3, -0.25) is 4.31 Å². The van der Waals surface area contributed by atoms with Crippen LogP contribution in [0.2, 0.25) is 0 Å². The molecule has 0 unspecified atom stereocenters. The highest BCUT2D eigenvalue weighted by atomic mass is 32.2. The average Bonchev–Trinajstić information content (AvgIpc) is 2.96. The summed E-state index contributed by atoms with van der Waals surface area (Å²) < 4.78 is 66.6. The molecule has 0 bridgehead atoms. The monoisotopic (exact) mass is 559 g/mol. The van der Waals surface area contributed by atoms with E-state index in [2.05, 4.69) is 0 Å². The Labute approximate surface area is 225 Å². The maximum atomic E-state index is 13.5. The summed E-state index contributed by atoms with van der Waals surface area (Å²) in [6, 6.07) is 18.5. The minimum absolute atomic E-state index is 0.109. The molecule has 0 radical (unpaired) electrons. The Morgan fingerprint density at radius 3 is 1.95 bits per heavy atom. The third kappa shape index (κ3) is 5.45. The first kappa shape index (κ1) is 27.7. The van der Waals surface area contributed by atoms with E-state index < -0.39 is 20.0 Å². The molecule has 204 valence electrons. The van der Waals surface area contributed by atoms with Crippen molar-refractivity contribution in [1.29, 1.82) is 0 Å². The number of nitrogens with zero attached hydrogens (tertiary/aromatic N) is 3. The van der Waals surface area contributed by atoms with Crippen LogP contribution >= 0.6 is 0 Å². The molecule has 38 heavy (non-hydrogen) atoms. The number of anilines is 2. The van der Waals surface area contributed by atoms with Crippen molar-refractivity contribution in [3.63, 3.8) is 0 Å². The van der Waals surface area contributed by atoms with E-state index in [-0.39, 0.29) is 22.9 Å². The van der Waals surface area contributed by atoms with Gasteiger partial charge >= 0.3 is 0 Å². The summed E-state index contributed by atoms with van der Waals surface area (Å²) in [4.78, 5) is 2.34. The van der Waals surface area contributed by atoms with Crippen molar-refractivity contribution >= 4 is 31.4 Å². The number of methoxy groups -OCH3 is 2. The van der Waals surface area contributed by atoms with Crippen molar-refractivity contribution in [2.45, 2.75) is 23.1 Å². The summed E-state index contributed by atoms with van der Waals surface area (Å²) in [7, 11) is -2.92. The first-order valence-electron chi connectivity index (χ1n) is 12.3. The molecule has 1 saturated heterocycles. The zero-order valence-electron chi connectivity index (χ0n) is 22.0. The Balaban J connectivity index is 1.55. The first-order chi connectivity index (χ1) is 18.1. The number of ether oxygens (including phenoxy) is 2. The molecule has 1 fully saturated rings. The summed E-state index contributed by atoms with van der Waals surface area (Å²) in [6.07, 6.45) is 0.839. The Hall–Kier alpha value is -3.28. The standard InChI is InChI=1S/C27H33N3O6S2/c1-5-21-6-12-24(13-7-21)38(33,34)30-18-16-29(17-19-30)26-20-25(14-15-27(26)36-4)37(31,32)28(2)22-8-10-23(35-3)11-9-22/h6-15,20H,5,16-19H2,1-4H3. The molecule has 1 aliphatic heterocycles. The van der Waals surface area contributed by atoms with Crippen LogP contribution in [0, 0.1) is 0 Å². The third-order valence-electron chi connectivity index (χ3n) is 6.79. The number of rotatable bonds is 9. The minimum Gasteiger partial charge on any atom is -0.497 e. The van der Waals surface area contributed by atoms with Crippen LogP contribution in [0.3, 0.4) is 0 Å². The van der Waals surface area contributed by atoms with Crippen LogP contribution in [0.1, 0.15) is 12.5 Å². The summed E-state index contributed by atoms with van der Waals surface area (Å²) in [5.41, 5.74) is 2.17. The highest BCUT2D eigenvalue weighted by Gasteiger charge is 2.30. The number of hydrogen-bond donors (Lipinski definition) is 0. The second-order valence-electron chi connectivity index (χ2n) is 8.89. The number of benzene rings is 3. The summed E-state index contributed by atoms with van der Waals surface area (Å²) in [5.74, 6) is 1.15. The second-order valence-corrected chi connectivity index (χ2v) is 12.8. The molecule has 0 atom stereocenters. The number of hydrogen-bond acceptors (Lipinski definition) is 7. The van der Waals surface area contributed by atoms with E-state index in [9.17, 15) is 16.8 Å². The van der Waals surface area contributed by atoms with Gasteiger partial charge in [-0.25, -0.2) is 16.8 Å². The average molecular weight is 560 g/mol. The molecule has 0 spiro atoms. The van der Waals surface area contributed by atoms with Gasteiger partial charge in [-0.1, -0.05) is 19.1 Å². The van der Waals surface area contributed by atoms with Gasteiger partial charge in [-0.05, 0) is 66.6 Å². The Bertz CT molecular complexity index is 1470. The third-order valence-corrected chi connectivity index (χ3v) is 10.5. The molecule has 3 aromatic rings. The lowest BCUT2D eigenvalue weighted by Gasteiger charge is -2.36. The molecule has 1 aliphatic rings. The Kier molecular flexibility index (Phi) is 8.19. The quantitative estimate of drug-likeness (QED) is 0.395. The molecular weight excluding hydrogens is 526 g/mol. The topological polar surface area (TPSA) is 96.5 Å². The fourth-order valence-electron chi connectivity index (χ4n) is 4.38. The Morgan fingerprint density at radius 2 is 1.39 bits per heavy atom. The van der Waals surface area contributed by atoms with E-state index in [1.54, 1.807) is 55.6 Å². The van der Waals surface area contributed by atoms with Gasteiger partial charge in [0.2, 0.25) is 10.0 Å². The molecular formula is C27H33N3O6S2. The zero-order chi connectivity index (χ0) is 27.5. The maximum Gasteiger partial charge on any atom is 0.264 e. The smallest absolute Gasteiger partial charge is 0.264 e. The lowest BCUT2D eigenvalue weighted by Crippen LogP contribution is -2.48. The maximum absolute atomic E-state index is 13.5. The lowest BCUT2D eigenvalue weighted by atomic mass is 10.2. The van der Waals surface area contributed by atoms with Crippen molar-refractivity contribution in [2.24, 2.45) is 0 Å². The van der Waals surface area contributed by atoms with Crippen LogP contribution < -0.4 is 18.7 Å². The molecule has 0 amide bonds. The normalized spacial score (nSPS) is 14.8. The fraction of sp³-hybridized carbons (Fsp3) is 0.333. The van der Waals surface area contributed by atoms with Crippen molar-refractivity contribution in [2.75, 3.05) is 56.7 Å². The van der Waals surface area contributed by atoms with Crippen LogP contribution in [0.4, 0.5) is 11.4 Å². The van der Waals surface area contributed by atoms with Crippen LogP contribution in [0.15, 0.2) is 76.5 Å². The number of sulfonamides is 2. The predicted molar refractivity (Wildman–Crippen MR) is 148 cm³/mol. The van der Waals surface area contributed by atoms with E-state index in [1.165, 1.54) is 28.8 Å². The number of aryl methyl sites for hydroxylation is 1. The van der Waals surface area contributed by atoms with Crippen molar-refractivity contribution < 1.29 is 26.3 Å². The SMILES string of the molecule is CCc1ccc(S(=O)(=O)N2CCN(c3cc(S(=O)(=O)N(C)c4ccc(OC)cc4)ccc3OC)CC2)cc1. The molecule has 0 N–H and O–H groups in total. The van der Waals surface area contributed by atoms with Crippen LogP contribution in [-0.2, 0) is 26.5 Å². The Morgan fingerprint density at radius 1 is 0.789 bits per heavy atom. The summed E-state index contributed by atoms with van der Waals surface area (Å²) in [5, 5.41) is 0. The molecule has 11 heteroatoms. The van der Waals surface area contributed by atoms with Gasteiger partial charge in [-0.2, -0.15) is 4.31 Å². The van der Waals surface area contributed by atoms with Gasteiger partial charge in [0, 0.05) is 33.2 Å². The molecule has 0 saturated carbocycles. The van der Waals surface area contributed by atoms with Crippen molar-refractivity contribution in [3.05, 3.63) is 72.3 Å². The van der Waals surface area contributed by atoms with E-state index in [0.29, 0.717) is 36.0 Å². The molecule has 3 aromatic carbocycles. The summed E-state index contributed by atoms with van der Waals surface area (Å²) >= 11 is 0. The predicted octanol–water partition coefficient (Wildman–Crippen LogP) is 3.60. The van der Waals surface area contributed by atoms with Crippen LogP contribution in [-0.4, -0.2) is 68.6 Å². The molecule has 0 aromatic heterocycles. The van der Waals surface area contributed by atoms with Gasteiger partial charge in [0.05, 0.1) is 35.4 Å². The van der Waals surface area contributed by atoms with Gasteiger partial charge in [-0.15, -0.1) is 0 Å². The first-order valence-corrected chi connectivity index (χ1v) is 15.1. The van der Waals surface area contributed by atoms with Gasteiger partial charge in [0.1, 0.15) is 11.5 Å². The van der Waals surface area contributed by atoms with Gasteiger partial charge in [0.15, 0.2) is 0 Å². The van der Waals surface area contributed by atoms with Crippen molar-refractivity contribution in [3.8, 4) is 11.5 Å². The fourth-order valence-corrected chi connectivity index (χ4v) is 7.02. The molecule has 0 aliphatic carbocycles. The zero-order valence-corrected chi connectivity index (χ0v) is 23.6. The largest absolute Gasteiger partial charge is 0.497 e. The minimum atomic E-state index is -3.87. The summed E-state index contributed by atoms with van der Waals surface area (Å²) in [6.45, 7) is 3.34. The lowest BCUT2D eigenvalue weighted by molar-refractivity contribution is 0.378. The molecule has 4 rings (SSSR count). The van der Waals surface area contributed by atoms with Crippen LogP contribution in [0.5, 0.6) is 11.5 Å². The number of piperazine rings is 1. The van der Waals surface area contributed by atoms with E-state index >= 15 is 0 Å². The second kappa shape index (κ2) is 11.2. The van der Waals surface area contributed by atoms with Crippen molar-refractivity contribution in [1.82, 2.24) is 4.31 Å². The molecule has 1 heterocycles. The van der Waals surface area contributed by atoms with E-state index in [0.717, 1.165) is 12.0 Å². The van der Waals surface area contributed by atoms with Gasteiger partial charge in [0.25, 0.3) is 10.0 Å². The molecule has 9 nitrogen and oxygen atoms in total. The van der Waals surface area contributed by atoms with Gasteiger partial charge < -0.3 is 14.4 Å². The highest BCUT2D eigenvalue weighted by Crippen LogP contribution is 2.34.